The summed E-state index contributed by atoms with van der Waals surface area (Å²) in [6.45, 7) is 2.06. The Morgan fingerprint density at radius 2 is 1.30 bits per heavy atom. The molecule has 3 rings (SSSR count). The fourth-order valence-electron chi connectivity index (χ4n) is 2.68. The van der Waals surface area contributed by atoms with Crippen molar-refractivity contribution in [2.45, 2.75) is 6.92 Å². The van der Waals surface area contributed by atoms with Gasteiger partial charge >= 0.3 is 5.97 Å². The van der Waals surface area contributed by atoms with E-state index < -0.39 is 12.2 Å². The molecule has 0 unspecified atom stereocenters. The lowest BCUT2D eigenvalue weighted by molar-refractivity contribution is -0.134. The summed E-state index contributed by atoms with van der Waals surface area (Å²) in [5.74, 6) is -0.454. The minimum Gasteiger partial charge on any atom is -0.461 e. The highest BCUT2D eigenvalue weighted by molar-refractivity contribution is 8.21. The normalized spacial score (nSPS) is 11.8. The summed E-state index contributed by atoms with van der Waals surface area (Å²) in [6, 6.07) is 28.9. The third kappa shape index (κ3) is 4.41. The van der Waals surface area contributed by atoms with E-state index in [0.717, 1.165) is 10.6 Å². The summed E-state index contributed by atoms with van der Waals surface area (Å²) in [4.78, 5) is 12.7. The van der Waals surface area contributed by atoms with Crippen LogP contribution >= 0.6 is 6.19 Å². The van der Waals surface area contributed by atoms with Gasteiger partial charge in [-0.1, -0.05) is 103 Å². The van der Waals surface area contributed by atoms with Gasteiger partial charge in [0.05, 0.1) is 6.61 Å². The Morgan fingerprint density at radius 1 is 0.852 bits per heavy atom. The first-order valence-electron chi connectivity index (χ1n) is 8.69. The maximum Gasteiger partial charge on any atom is 0.357 e. The van der Waals surface area contributed by atoms with Crippen LogP contribution in [0.4, 0.5) is 0 Å². The van der Waals surface area contributed by atoms with E-state index in [1.165, 1.54) is 0 Å². The standard InChI is InChI=1S/C22H20NO2PS/c1-2-25-22(24)21(18-12-6-3-7-13-18)23-26(27,19-14-8-4-9-15-19)20-16-10-5-11-17-20/h3-17H,2H2,1H3/b23-21+. The average Bonchev–Trinajstić information content (AvgIpc) is 2.74. The molecule has 0 bridgehead atoms. The number of hydrogen-bond donors (Lipinski definition) is 0. The third-order valence-corrected chi connectivity index (χ3v) is 7.96. The molecule has 0 spiro atoms. The SMILES string of the molecule is CCOC(=O)/C(=N/P(=S)(c1ccccc1)c1ccccc1)c1ccccc1. The number of rotatable bonds is 6. The molecule has 0 saturated carbocycles. The zero-order valence-electron chi connectivity index (χ0n) is 15.0. The number of carbonyl (C=O) groups excluding carboxylic acids is 1. The molecule has 0 N–H and O–H groups in total. The largest absolute Gasteiger partial charge is 0.461 e. The van der Waals surface area contributed by atoms with Crippen LogP contribution in [0.1, 0.15) is 12.5 Å². The van der Waals surface area contributed by atoms with Gasteiger partial charge in [0.25, 0.3) is 0 Å². The van der Waals surface area contributed by atoms with Gasteiger partial charge in [-0.2, -0.15) is 0 Å². The molecule has 27 heavy (non-hydrogen) atoms. The third-order valence-electron chi connectivity index (χ3n) is 3.97. The predicted octanol–water partition coefficient (Wildman–Crippen LogP) is 4.08. The quantitative estimate of drug-likeness (QED) is 0.360. The smallest absolute Gasteiger partial charge is 0.357 e. The van der Waals surface area contributed by atoms with Crippen molar-refractivity contribution in [2.24, 2.45) is 4.76 Å². The highest BCUT2D eigenvalue weighted by atomic mass is 32.4. The van der Waals surface area contributed by atoms with Crippen LogP contribution in [-0.2, 0) is 21.3 Å². The Balaban J connectivity index is 2.24. The van der Waals surface area contributed by atoms with Crippen LogP contribution in [0.15, 0.2) is 95.8 Å². The van der Waals surface area contributed by atoms with Crippen molar-refractivity contribution >= 4 is 40.3 Å². The van der Waals surface area contributed by atoms with Gasteiger partial charge in [-0.25, -0.2) is 9.56 Å². The Kier molecular flexibility index (Phi) is 6.33. The Morgan fingerprint density at radius 3 is 1.74 bits per heavy atom. The topological polar surface area (TPSA) is 38.7 Å². The number of carbonyl (C=O) groups is 1. The molecule has 0 saturated heterocycles. The fourth-order valence-corrected chi connectivity index (χ4v) is 5.81. The lowest BCUT2D eigenvalue weighted by atomic mass is 10.1. The van der Waals surface area contributed by atoms with Gasteiger partial charge in [0.1, 0.15) is 6.19 Å². The number of benzene rings is 3. The van der Waals surface area contributed by atoms with Gasteiger partial charge in [-0.3, -0.25) is 0 Å². The van der Waals surface area contributed by atoms with Gasteiger partial charge in [0.2, 0.25) is 0 Å². The molecule has 0 atom stereocenters. The van der Waals surface area contributed by atoms with Crippen LogP contribution in [0, 0.1) is 0 Å². The first-order chi connectivity index (χ1) is 13.1. The van der Waals surface area contributed by atoms with Gasteiger partial charge in [-0.05, 0) is 6.92 Å². The van der Waals surface area contributed by atoms with Crippen molar-refractivity contribution < 1.29 is 9.53 Å². The number of esters is 1. The number of nitrogens with zero attached hydrogens (tertiary/aromatic N) is 1. The minimum atomic E-state index is -2.60. The number of ether oxygens (including phenoxy) is 1. The van der Waals surface area contributed by atoms with Crippen molar-refractivity contribution in [3.05, 3.63) is 96.6 Å². The Labute approximate surface area is 164 Å². The first kappa shape index (κ1) is 19.2. The molecule has 0 aliphatic heterocycles. The fraction of sp³-hybridized carbons (Fsp3) is 0.0909. The zero-order valence-corrected chi connectivity index (χ0v) is 16.7. The van der Waals surface area contributed by atoms with Crippen molar-refractivity contribution in [2.75, 3.05) is 6.61 Å². The van der Waals surface area contributed by atoms with Crippen LogP contribution in [0.5, 0.6) is 0 Å². The molecule has 3 aromatic rings. The van der Waals surface area contributed by atoms with Gasteiger partial charge in [0, 0.05) is 16.2 Å². The van der Waals surface area contributed by atoms with E-state index in [-0.39, 0.29) is 12.3 Å². The first-order valence-corrected chi connectivity index (χ1v) is 11.4. The lowest BCUT2D eigenvalue weighted by Gasteiger charge is -2.20. The summed E-state index contributed by atoms with van der Waals surface area (Å²) >= 11 is 6.13. The molecular formula is C22H20NO2PS. The summed E-state index contributed by atoms with van der Waals surface area (Å²) in [6.07, 6.45) is -2.60. The molecule has 3 nitrogen and oxygen atoms in total. The highest BCUT2D eigenvalue weighted by Crippen LogP contribution is 2.46. The van der Waals surface area contributed by atoms with Crippen molar-refractivity contribution in [3.8, 4) is 0 Å². The molecular weight excluding hydrogens is 373 g/mol. The molecule has 0 amide bonds. The second-order valence-corrected chi connectivity index (χ2v) is 9.75. The van der Waals surface area contributed by atoms with Crippen LogP contribution in [0.3, 0.4) is 0 Å². The van der Waals surface area contributed by atoms with E-state index in [9.17, 15) is 4.79 Å². The van der Waals surface area contributed by atoms with Crippen LogP contribution in [-0.4, -0.2) is 18.3 Å². The van der Waals surface area contributed by atoms with Gasteiger partial charge < -0.3 is 4.74 Å². The maximum absolute atomic E-state index is 12.7. The van der Waals surface area contributed by atoms with E-state index in [0.29, 0.717) is 5.56 Å². The second-order valence-electron chi connectivity index (χ2n) is 5.78. The Hall–Kier alpha value is -2.55. The molecule has 0 aromatic heterocycles. The van der Waals surface area contributed by atoms with E-state index >= 15 is 0 Å². The molecule has 0 aliphatic rings. The van der Waals surface area contributed by atoms with E-state index in [1.807, 2.05) is 91.0 Å². The van der Waals surface area contributed by atoms with Gasteiger partial charge in [0.15, 0.2) is 5.71 Å². The summed E-state index contributed by atoms with van der Waals surface area (Å²) in [5, 5.41) is 1.87. The average molecular weight is 393 g/mol. The van der Waals surface area contributed by atoms with E-state index in [4.69, 9.17) is 21.3 Å². The second kappa shape index (κ2) is 8.90. The molecule has 136 valence electrons. The number of hydrogen-bond acceptors (Lipinski definition) is 3. The maximum atomic E-state index is 12.7. The van der Waals surface area contributed by atoms with Crippen molar-refractivity contribution in [1.82, 2.24) is 0 Å². The van der Waals surface area contributed by atoms with E-state index in [2.05, 4.69) is 0 Å². The highest BCUT2D eigenvalue weighted by Gasteiger charge is 2.25. The molecule has 3 aromatic carbocycles. The molecule has 0 aliphatic carbocycles. The van der Waals surface area contributed by atoms with Crippen LogP contribution in [0.25, 0.3) is 0 Å². The van der Waals surface area contributed by atoms with Crippen molar-refractivity contribution in [1.29, 1.82) is 0 Å². The minimum absolute atomic E-state index is 0.272. The zero-order chi connectivity index (χ0) is 19.1. The molecule has 0 fully saturated rings. The molecule has 5 heteroatoms. The monoisotopic (exact) mass is 393 g/mol. The lowest BCUT2D eigenvalue weighted by Crippen LogP contribution is -2.22. The summed E-state index contributed by atoms with van der Waals surface area (Å²) in [5.41, 5.74) is 0.977. The molecule has 0 radical (unpaired) electrons. The molecule has 0 heterocycles. The van der Waals surface area contributed by atoms with Crippen LogP contribution < -0.4 is 10.6 Å². The summed E-state index contributed by atoms with van der Waals surface area (Å²) in [7, 11) is 0. The summed E-state index contributed by atoms with van der Waals surface area (Å²) < 4.78 is 10.2. The Bertz CT molecular complexity index is 929. The van der Waals surface area contributed by atoms with Crippen LogP contribution in [0.2, 0.25) is 0 Å². The predicted molar refractivity (Wildman–Crippen MR) is 116 cm³/mol. The van der Waals surface area contributed by atoms with E-state index in [1.54, 1.807) is 6.92 Å². The van der Waals surface area contributed by atoms with Crippen molar-refractivity contribution in [3.63, 3.8) is 0 Å². The van der Waals surface area contributed by atoms with Gasteiger partial charge in [-0.15, -0.1) is 0 Å².